The summed E-state index contributed by atoms with van der Waals surface area (Å²) < 4.78 is 27.6. The van der Waals surface area contributed by atoms with Gasteiger partial charge in [-0.15, -0.1) is 0 Å². The summed E-state index contributed by atoms with van der Waals surface area (Å²) in [5.74, 6) is 0.0725. The van der Waals surface area contributed by atoms with Gasteiger partial charge in [0.25, 0.3) is 0 Å². The van der Waals surface area contributed by atoms with Crippen molar-refractivity contribution >= 4 is 10.0 Å². The van der Waals surface area contributed by atoms with Crippen molar-refractivity contribution in [2.45, 2.75) is 42.7 Å². The van der Waals surface area contributed by atoms with Gasteiger partial charge in [0.2, 0.25) is 10.0 Å². The molecule has 1 aromatic rings. The normalized spacial score (nSPS) is 27.4. The lowest BCUT2D eigenvalue weighted by molar-refractivity contribution is 0.186. The zero-order valence-electron chi connectivity index (χ0n) is 11.3. The highest BCUT2D eigenvalue weighted by molar-refractivity contribution is 7.89. The minimum atomic E-state index is -3.50. The average molecular weight is 296 g/mol. The molecule has 3 rings (SSSR count). The third kappa shape index (κ3) is 2.68. The molecule has 2 saturated heterocycles. The van der Waals surface area contributed by atoms with Crippen molar-refractivity contribution in [1.82, 2.24) is 9.62 Å². The van der Waals surface area contributed by atoms with Crippen molar-refractivity contribution in [3.05, 3.63) is 24.3 Å². The first-order valence-corrected chi connectivity index (χ1v) is 8.60. The molecule has 5 nitrogen and oxygen atoms in total. The van der Waals surface area contributed by atoms with Gasteiger partial charge in [-0.2, -0.15) is 0 Å². The number of benzene rings is 1. The Morgan fingerprint density at radius 2 is 1.85 bits per heavy atom. The van der Waals surface area contributed by atoms with Gasteiger partial charge in [-0.25, -0.2) is 13.1 Å². The van der Waals surface area contributed by atoms with E-state index in [2.05, 4.69) is 9.62 Å². The standard InChI is InChI=1S/C14H20N2O3S/c17-11-4-6-12(7-5-11)20(18,19)15-13-8-10-16-9-2-1-3-14(13)16/h4-7,13-15,17H,1-3,8-10H2. The Kier molecular flexibility index (Phi) is 3.70. The summed E-state index contributed by atoms with van der Waals surface area (Å²) in [6.45, 7) is 2.07. The largest absolute Gasteiger partial charge is 0.508 e. The third-order valence-electron chi connectivity index (χ3n) is 4.31. The molecular formula is C14H20N2O3S. The van der Waals surface area contributed by atoms with Gasteiger partial charge in [-0.05, 0) is 50.1 Å². The molecule has 2 fully saturated rings. The molecule has 2 N–H and O–H groups in total. The summed E-state index contributed by atoms with van der Waals surface area (Å²) in [5.41, 5.74) is 0. The van der Waals surface area contributed by atoms with Gasteiger partial charge in [0, 0.05) is 18.6 Å². The van der Waals surface area contributed by atoms with Crippen LogP contribution in [0.25, 0.3) is 0 Å². The molecule has 1 aromatic carbocycles. The summed E-state index contributed by atoms with van der Waals surface area (Å²) in [6.07, 6.45) is 4.34. The molecule has 2 aliphatic heterocycles. The molecular weight excluding hydrogens is 276 g/mol. The summed E-state index contributed by atoms with van der Waals surface area (Å²) >= 11 is 0. The van der Waals surface area contributed by atoms with Crippen LogP contribution < -0.4 is 4.72 Å². The van der Waals surface area contributed by atoms with E-state index in [1.54, 1.807) is 0 Å². The van der Waals surface area contributed by atoms with E-state index in [0.29, 0.717) is 6.04 Å². The van der Waals surface area contributed by atoms with Crippen molar-refractivity contribution in [3.8, 4) is 5.75 Å². The number of hydrogen-bond donors (Lipinski definition) is 2. The van der Waals surface area contributed by atoms with Crippen LogP contribution in [-0.4, -0.2) is 43.6 Å². The predicted molar refractivity (Wildman–Crippen MR) is 76.0 cm³/mol. The summed E-state index contributed by atoms with van der Waals surface area (Å²) in [6, 6.07) is 6.02. The summed E-state index contributed by atoms with van der Waals surface area (Å²) in [7, 11) is -3.50. The number of nitrogens with one attached hydrogen (secondary N) is 1. The molecule has 2 aliphatic rings. The van der Waals surface area contributed by atoms with Crippen LogP contribution in [-0.2, 0) is 10.0 Å². The molecule has 0 amide bonds. The molecule has 0 bridgehead atoms. The van der Waals surface area contributed by atoms with E-state index >= 15 is 0 Å². The second kappa shape index (κ2) is 5.35. The Labute approximate surface area is 119 Å². The van der Waals surface area contributed by atoms with Crippen LogP contribution in [0.15, 0.2) is 29.2 Å². The molecule has 2 atom stereocenters. The quantitative estimate of drug-likeness (QED) is 0.882. The van der Waals surface area contributed by atoms with E-state index in [-0.39, 0.29) is 16.7 Å². The van der Waals surface area contributed by atoms with E-state index in [0.717, 1.165) is 25.9 Å². The van der Waals surface area contributed by atoms with Crippen molar-refractivity contribution in [2.24, 2.45) is 0 Å². The van der Waals surface area contributed by atoms with E-state index in [1.165, 1.54) is 37.1 Å². The molecule has 20 heavy (non-hydrogen) atoms. The predicted octanol–water partition coefficient (Wildman–Crippen LogP) is 1.30. The number of rotatable bonds is 3. The van der Waals surface area contributed by atoms with Gasteiger partial charge in [-0.3, -0.25) is 4.90 Å². The highest BCUT2D eigenvalue weighted by Gasteiger charge is 2.37. The monoisotopic (exact) mass is 296 g/mol. The highest BCUT2D eigenvalue weighted by atomic mass is 32.2. The summed E-state index contributed by atoms with van der Waals surface area (Å²) in [4.78, 5) is 2.61. The molecule has 0 aromatic heterocycles. The second-order valence-electron chi connectivity index (χ2n) is 5.61. The van der Waals surface area contributed by atoms with Gasteiger partial charge in [0.05, 0.1) is 4.90 Å². The number of phenolic OH excluding ortho intramolecular Hbond substituents is 1. The smallest absolute Gasteiger partial charge is 0.240 e. The number of fused-ring (bicyclic) bond motifs is 1. The third-order valence-corrected chi connectivity index (χ3v) is 5.82. The van der Waals surface area contributed by atoms with E-state index < -0.39 is 10.0 Å². The van der Waals surface area contributed by atoms with Gasteiger partial charge in [-0.1, -0.05) is 6.42 Å². The van der Waals surface area contributed by atoms with Crippen LogP contribution in [0.3, 0.4) is 0 Å². The second-order valence-corrected chi connectivity index (χ2v) is 7.32. The maximum absolute atomic E-state index is 12.4. The van der Waals surface area contributed by atoms with Crippen LogP contribution in [0, 0.1) is 0 Å². The molecule has 0 aliphatic carbocycles. The Bertz CT molecular complexity index is 571. The maximum Gasteiger partial charge on any atom is 0.240 e. The lowest BCUT2D eigenvalue weighted by Crippen LogP contribution is -2.46. The minimum Gasteiger partial charge on any atom is -0.508 e. The van der Waals surface area contributed by atoms with Crippen LogP contribution >= 0.6 is 0 Å². The first kappa shape index (κ1) is 13.9. The Morgan fingerprint density at radius 3 is 2.60 bits per heavy atom. The topological polar surface area (TPSA) is 69.6 Å². The zero-order chi connectivity index (χ0) is 14.2. The van der Waals surface area contributed by atoms with Crippen molar-refractivity contribution < 1.29 is 13.5 Å². The first-order chi connectivity index (χ1) is 9.56. The minimum absolute atomic E-state index is 0.00843. The van der Waals surface area contributed by atoms with E-state index in [4.69, 9.17) is 0 Å². The van der Waals surface area contributed by atoms with Gasteiger partial charge < -0.3 is 5.11 Å². The lowest BCUT2D eigenvalue weighted by atomic mass is 10.00. The van der Waals surface area contributed by atoms with E-state index in [9.17, 15) is 13.5 Å². The van der Waals surface area contributed by atoms with Gasteiger partial charge >= 0.3 is 0 Å². The highest BCUT2D eigenvalue weighted by Crippen LogP contribution is 2.28. The molecule has 0 saturated carbocycles. The van der Waals surface area contributed by atoms with Crippen molar-refractivity contribution in [3.63, 3.8) is 0 Å². The molecule has 0 spiro atoms. The maximum atomic E-state index is 12.4. The molecule has 6 heteroatoms. The first-order valence-electron chi connectivity index (χ1n) is 7.12. The fourth-order valence-corrected chi connectivity index (χ4v) is 4.58. The molecule has 2 unspecified atom stereocenters. The zero-order valence-corrected chi connectivity index (χ0v) is 12.1. The average Bonchev–Trinajstić information content (AvgIpc) is 2.82. The summed E-state index contributed by atoms with van der Waals surface area (Å²) in [5, 5.41) is 9.24. The van der Waals surface area contributed by atoms with Crippen LogP contribution in [0.2, 0.25) is 0 Å². The Morgan fingerprint density at radius 1 is 1.10 bits per heavy atom. The number of aromatic hydroxyl groups is 1. The van der Waals surface area contributed by atoms with Gasteiger partial charge in [0.1, 0.15) is 5.75 Å². The lowest BCUT2D eigenvalue weighted by Gasteiger charge is -2.32. The number of phenols is 1. The molecule has 2 heterocycles. The number of piperidine rings is 1. The number of nitrogens with zero attached hydrogens (tertiary/aromatic N) is 1. The Hall–Kier alpha value is -1.11. The Balaban J connectivity index is 1.75. The van der Waals surface area contributed by atoms with Gasteiger partial charge in [0.15, 0.2) is 0 Å². The fraction of sp³-hybridized carbons (Fsp3) is 0.571. The van der Waals surface area contributed by atoms with Crippen molar-refractivity contribution in [1.29, 1.82) is 0 Å². The molecule has 0 radical (unpaired) electrons. The van der Waals surface area contributed by atoms with Crippen molar-refractivity contribution in [2.75, 3.05) is 13.1 Å². The molecule has 110 valence electrons. The van der Waals surface area contributed by atoms with E-state index in [1.807, 2.05) is 0 Å². The number of sulfonamides is 1. The van der Waals surface area contributed by atoms with Crippen LogP contribution in [0.5, 0.6) is 5.75 Å². The van der Waals surface area contributed by atoms with Crippen LogP contribution in [0.1, 0.15) is 25.7 Å². The fourth-order valence-electron chi connectivity index (χ4n) is 3.28. The number of hydrogen-bond acceptors (Lipinski definition) is 4. The SMILES string of the molecule is O=S(=O)(NC1CCN2CCCCC12)c1ccc(O)cc1. The van der Waals surface area contributed by atoms with Crippen LogP contribution in [0.4, 0.5) is 0 Å².